The third-order valence-corrected chi connectivity index (χ3v) is 3.48. The molecule has 0 amide bonds. The predicted molar refractivity (Wildman–Crippen MR) is 78.1 cm³/mol. The second-order valence-corrected chi connectivity index (χ2v) is 5.56. The van der Waals surface area contributed by atoms with Gasteiger partial charge < -0.3 is 15.1 Å². The molecule has 1 aliphatic heterocycles. The minimum atomic E-state index is 1.04. The van der Waals surface area contributed by atoms with Gasteiger partial charge in [0.05, 0.1) is 0 Å². The van der Waals surface area contributed by atoms with E-state index in [1.54, 1.807) is 0 Å². The second kappa shape index (κ2) is 6.21. The molecule has 1 N–H and O–H groups in total. The molecule has 3 heteroatoms. The number of fused-ring (bicyclic) bond motifs is 1. The Bertz CT molecular complexity index is 387. The molecule has 100 valence electrons. The van der Waals surface area contributed by atoms with Crippen molar-refractivity contribution in [3.8, 4) is 0 Å². The average molecular weight is 247 g/mol. The van der Waals surface area contributed by atoms with Gasteiger partial charge in [0, 0.05) is 18.8 Å². The summed E-state index contributed by atoms with van der Waals surface area (Å²) in [5, 5.41) is 3.45. The van der Waals surface area contributed by atoms with E-state index in [-0.39, 0.29) is 0 Å². The van der Waals surface area contributed by atoms with Gasteiger partial charge in [-0.1, -0.05) is 12.1 Å². The fraction of sp³-hybridized carbons (Fsp3) is 0.600. The number of benzene rings is 1. The van der Waals surface area contributed by atoms with Crippen LogP contribution in [0.5, 0.6) is 0 Å². The number of anilines is 1. The van der Waals surface area contributed by atoms with Crippen LogP contribution in [-0.4, -0.2) is 50.6 Å². The Labute approximate surface area is 111 Å². The molecular weight excluding hydrogens is 222 g/mol. The molecule has 0 saturated heterocycles. The zero-order valence-electron chi connectivity index (χ0n) is 11.9. The van der Waals surface area contributed by atoms with Gasteiger partial charge in [-0.05, 0) is 64.3 Å². The van der Waals surface area contributed by atoms with Gasteiger partial charge in [-0.2, -0.15) is 0 Å². The van der Waals surface area contributed by atoms with Gasteiger partial charge in [-0.3, -0.25) is 0 Å². The van der Waals surface area contributed by atoms with E-state index in [4.69, 9.17) is 0 Å². The number of nitrogens with zero attached hydrogens (tertiary/aromatic N) is 2. The molecule has 1 aliphatic rings. The lowest BCUT2D eigenvalue weighted by molar-refractivity contribution is 0.294. The first-order chi connectivity index (χ1) is 8.65. The van der Waals surface area contributed by atoms with Gasteiger partial charge in [0.15, 0.2) is 0 Å². The first-order valence-corrected chi connectivity index (χ1v) is 6.84. The van der Waals surface area contributed by atoms with Crippen molar-refractivity contribution in [2.45, 2.75) is 19.4 Å². The molecule has 1 heterocycles. The molecule has 0 radical (unpaired) electrons. The highest BCUT2D eigenvalue weighted by Crippen LogP contribution is 2.23. The first-order valence-electron chi connectivity index (χ1n) is 6.84. The maximum absolute atomic E-state index is 3.45. The minimum absolute atomic E-state index is 1.04. The lowest BCUT2D eigenvalue weighted by atomic mass is 10.1. The van der Waals surface area contributed by atoms with Crippen molar-refractivity contribution >= 4 is 5.69 Å². The van der Waals surface area contributed by atoms with E-state index < -0.39 is 0 Å². The summed E-state index contributed by atoms with van der Waals surface area (Å²) in [5.41, 5.74) is 4.22. The molecule has 0 spiro atoms. The fourth-order valence-electron chi connectivity index (χ4n) is 2.48. The molecule has 3 nitrogen and oxygen atoms in total. The van der Waals surface area contributed by atoms with Crippen LogP contribution in [0.15, 0.2) is 18.2 Å². The number of nitrogens with one attached hydrogen (secondary N) is 1. The van der Waals surface area contributed by atoms with Gasteiger partial charge in [0.25, 0.3) is 0 Å². The summed E-state index contributed by atoms with van der Waals surface area (Å²) < 4.78 is 0. The highest BCUT2D eigenvalue weighted by molar-refractivity contribution is 5.56. The van der Waals surface area contributed by atoms with Crippen LogP contribution in [0.4, 0.5) is 5.69 Å². The Balaban J connectivity index is 1.82. The van der Waals surface area contributed by atoms with Crippen LogP contribution in [0.3, 0.4) is 0 Å². The average Bonchev–Trinajstić information content (AvgIpc) is 2.75. The quantitative estimate of drug-likeness (QED) is 0.830. The second-order valence-electron chi connectivity index (χ2n) is 5.56. The van der Waals surface area contributed by atoms with Crippen LogP contribution in [0.2, 0.25) is 0 Å². The number of hydrogen-bond acceptors (Lipinski definition) is 3. The maximum Gasteiger partial charge on any atom is 0.0376 e. The van der Waals surface area contributed by atoms with Crippen molar-refractivity contribution in [1.82, 2.24) is 9.80 Å². The maximum atomic E-state index is 3.45. The normalized spacial score (nSPS) is 14.1. The zero-order chi connectivity index (χ0) is 13.0. The summed E-state index contributed by atoms with van der Waals surface area (Å²) in [7, 11) is 6.47. The molecular formula is C15H25N3. The molecule has 0 saturated carbocycles. The summed E-state index contributed by atoms with van der Waals surface area (Å²) in [6.07, 6.45) is 2.40. The Morgan fingerprint density at radius 3 is 2.78 bits per heavy atom. The lowest BCUT2D eigenvalue weighted by Crippen LogP contribution is -2.23. The van der Waals surface area contributed by atoms with Gasteiger partial charge in [0.1, 0.15) is 0 Å². The van der Waals surface area contributed by atoms with Crippen molar-refractivity contribution in [2.75, 3.05) is 46.1 Å². The summed E-state index contributed by atoms with van der Waals surface area (Å²) in [6.45, 7) is 4.46. The van der Waals surface area contributed by atoms with E-state index in [0.29, 0.717) is 0 Å². The van der Waals surface area contributed by atoms with E-state index in [1.165, 1.54) is 29.7 Å². The summed E-state index contributed by atoms with van der Waals surface area (Å²) in [6, 6.07) is 6.86. The molecule has 0 aliphatic carbocycles. The molecule has 0 unspecified atom stereocenters. The predicted octanol–water partition coefficient (Wildman–Crippen LogP) is 2.04. The third-order valence-electron chi connectivity index (χ3n) is 3.48. The van der Waals surface area contributed by atoms with Crippen LogP contribution in [0.1, 0.15) is 17.5 Å². The standard InChI is InChI=1S/C15H25N3/c1-17(2)9-4-10-18(3)12-13-5-6-14-7-8-16-15(14)11-13/h5-6,11,16H,4,7-10,12H2,1-3H3. The van der Waals surface area contributed by atoms with Gasteiger partial charge in [-0.25, -0.2) is 0 Å². The monoisotopic (exact) mass is 247 g/mol. The van der Waals surface area contributed by atoms with Crippen LogP contribution in [0, 0.1) is 0 Å². The minimum Gasteiger partial charge on any atom is -0.384 e. The molecule has 1 aromatic rings. The Kier molecular flexibility index (Phi) is 4.61. The smallest absolute Gasteiger partial charge is 0.0376 e. The van der Waals surface area contributed by atoms with Crippen molar-refractivity contribution in [2.24, 2.45) is 0 Å². The van der Waals surface area contributed by atoms with Gasteiger partial charge in [-0.15, -0.1) is 0 Å². The van der Waals surface area contributed by atoms with Crippen molar-refractivity contribution in [1.29, 1.82) is 0 Å². The molecule has 1 aromatic carbocycles. The highest BCUT2D eigenvalue weighted by atomic mass is 15.1. The molecule has 0 atom stereocenters. The topological polar surface area (TPSA) is 18.5 Å². The van der Waals surface area contributed by atoms with E-state index in [2.05, 4.69) is 54.5 Å². The largest absolute Gasteiger partial charge is 0.384 e. The van der Waals surface area contributed by atoms with E-state index in [0.717, 1.165) is 26.2 Å². The first kappa shape index (κ1) is 13.4. The summed E-state index contributed by atoms with van der Waals surface area (Å²) in [4.78, 5) is 4.65. The van der Waals surface area contributed by atoms with Crippen molar-refractivity contribution in [3.63, 3.8) is 0 Å². The SMILES string of the molecule is CN(C)CCCN(C)Cc1ccc2c(c1)NCC2. The molecule has 0 bridgehead atoms. The van der Waals surface area contributed by atoms with E-state index >= 15 is 0 Å². The number of rotatable bonds is 6. The Morgan fingerprint density at radius 2 is 2.00 bits per heavy atom. The number of hydrogen-bond donors (Lipinski definition) is 1. The van der Waals surface area contributed by atoms with Crippen LogP contribution in [-0.2, 0) is 13.0 Å². The van der Waals surface area contributed by atoms with Crippen LogP contribution >= 0.6 is 0 Å². The molecule has 0 fully saturated rings. The van der Waals surface area contributed by atoms with Crippen LogP contribution in [0.25, 0.3) is 0 Å². The summed E-state index contributed by atoms with van der Waals surface area (Å²) >= 11 is 0. The lowest BCUT2D eigenvalue weighted by Gasteiger charge is -2.18. The fourth-order valence-corrected chi connectivity index (χ4v) is 2.48. The van der Waals surface area contributed by atoms with Gasteiger partial charge >= 0.3 is 0 Å². The summed E-state index contributed by atoms with van der Waals surface area (Å²) in [5.74, 6) is 0. The highest BCUT2D eigenvalue weighted by Gasteiger charge is 2.10. The Morgan fingerprint density at radius 1 is 1.17 bits per heavy atom. The van der Waals surface area contributed by atoms with E-state index in [9.17, 15) is 0 Å². The van der Waals surface area contributed by atoms with Crippen molar-refractivity contribution in [3.05, 3.63) is 29.3 Å². The zero-order valence-corrected chi connectivity index (χ0v) is 11.9. The third kappa shape index (κ3) is 3.72. The van der Waals surface area contributed by atoms with E-state index in [1.807, 2.05) is 0 Å². The molecule has 0 aromatic heterocycles. The molecule has 2 rings (SSSR count). The van der Waals surface area contributed by atoms with Gasteiger partial charge in [0.2, 0.25) is 0 Å². The molecule has 18 heavy (non-hydrogen) atoms. The van der Waals surface area contributed by atoms with Crippen LogP contribution < -0.4 is 5.32 Å². The van der Waals surface area contributed by atoms with Crippen molar-refractivity contribution < 1.29 is 0 Å². The Hall–Kier alpha value is -1.06.